The molecule has 1 N–H and O–H groups in total. The molecule has 0 saturated heterocycles. The van der Waals surface area contributed by atoms with E-state index in [4.69, 9.17) is 4.74 Å². The molecule has 0 fully saturated rings. The van der Waals surface area contributed by atoms with Gasteiger partial charge in [-0.25, -0.2) is 0 Å². The van der Waals surface area contributed by atoms with Crippen molar-refractivity contribution in [3.63, 3.8) is 0 Å². The minimum atomic E-state index is -1.51. The van der Waals surface area contributed by atoms with Crippen LogP contribution in [0.2, 0.25) is 0 Å². The Labute approximate surface area is 287 Å². The van der Waals surface area contributed by atoms with Crippen LogP contribution in [0.25, 0.3) is 22.3 Å². The van der Waals surface area contributed by atoms with Crippen molar-refractivity contribution in [2.24, 2.45) is 0 Å². The van der Waals surface area contributed by atoms with Gasteiger partial charge in [-0.3, -0.25) is 0 Å². The average Bonchev–Trinajstić information content (AvgIpc) is 3.55. The third-order valence-corrected chi connectivity index (χ3v) is 10.3. The van der Waals surface area contributed by atoms with Crippen LogP contribution >= 0.6 is 0 Å². The van der Waals surface area contributed by atoms with Crippen LogP contribution in [0.5, 0.6) is 11.5 Å². The third-order valence-electron chi connectivity index (χ3n) is 10.3. The van der Waals surface area contributed by atoms with Crippen molar-refractivity contribution >= 4 is 17.1 Å². The second-order valence-corrected chi connectivity index (χ2v) is 13.4. The number of ether oxygens (including phenoxy) is 1. The molecule has 7 aromatic rings. The SMILES string of the molecule is CC1(C)c2ccccc2-c2ccc(N(c3ccccc3)c3cccc4c3C(O)(c3ccccc3Oc3ccccc3)c3ccccc3-4)cc21. The second-order valence-electron chi connectivity index (χ2n) is 13.4. The average molecular weight is 634 g/mol. The van der Waals surface area contributed by atoms with Gasteiger partial charge in [-0.15, -0.1) is 0 Å². The van der Waals surface area contributed by atoms with E-state index in [1.54, 1.807) is 0 Å². The Balaban J connectivity index is 1.29. The van der Waals surface area contributed by atoms with E-state index in [-0.39, 0.29) is 5.41 Å². The molecule has 0 radical (unpaired) electrons. The van der Waals surface area contributed by atoms with E-state index in [1.165, 1.54) is 22.3 Å². The van der Waals surface area contributed by atoms with Crippen molar-refractivity contribution in [2.75, 3.05) is 4.90 Å². The van der Waals surface area contributed by atoms with Gasteiger partial charge in [-0.1, -0.05) is 135 Å². The molecule has 9 rings (SSSR count). The number of rotatable bonds is 6. The Morgan fingerprint density at radius 1 is 0.469 bits per heavy atom. The maximum absolute atomic E-state index is 13.5. The molecular formula is C46H35NO2. The smallest absolute Gasteiger partial charge is 0.147 e. The Hall–Kier alpha value is -5.90. The van der Waals surface area contributed by atoms with Crippen LogP contribution in [0.15, 0.2) is 170 Å². The lowest BCUT2D eigenvalue weighted by Gasteiger charge is -2.34. The Kier molecular flexibility index (Phi) is 6.62. The van der Waals surface area contributed by atoms with Crippen molar-refractivity contribution in [3.05, 3.63) is 198 Å². The normalized spacial score (nSPS) is 16.3. The fraction of sp³-hybridized carbons (Fsp3) is 0.0870. The zero-order chi connectivity index (χ0) is 33.2. The molecule has 2 aliphatic rings. The molecule has 0 saturated carbocycles. The highest BCUT2D eigenvalue weighted by Crippen LogP contribution is 2.58. The first-order valence-electron chi connectivity index (χ1n) is 16.8. The summed E-state index contributed by atoms with van der Waals surface area (Å²) >= 11 is 0. The molecule has 1 atom stereocenters. The molecule has 2 aliphatic carbocycles. The Morgan fingerprint density at radius 2 is 1.04 bits per heavy atom. The summed E-state index contributed by atoms with van der Waals surface area (Å²) < 4.78 is 6.52. The van der Waals surface area contributed by atoms with Crippen molar-refractivity contribution in [1.29, 1.82) is 0 Å². The summed E-state index contributed by atoms with van der Waals surface area (Å²) in [6.45, 7) is 4.63. The van der Waals surface area contributed by atoms with Gasteiger partial charge in [0.2, 0.25) is 0 Å². The van der Waals surface area contributed by atoms with Gasteiger partial charge in [-0.2, -0.15) is 0 Å². The van der Waals surface area contributed by atoms with Gasteiger partial charge in [0.25, 0.3) is 0 Å². The minimum Gasteiger partial charge on any atom is -0.457 e. The second kappa shape index (κ2) is 11.1. The van der Waals surface area contributed by atoms with E-state index in [0.29, 0.717) is 17.1 Å². The van der Waals surface area contributed by atoms with Gasteiger partial charge in [-0.05, 0) is 81.9 Å². The summed E-state index contributed by atoms with van der Waals surface area (Å²) in [6, 6.07) is 58.2. The fourth-order valence-corrected chi connectivity index (χ4v) is 8.08. The van der Waals surface area contributed by atoms with Crippen LogP contribution in [-0.4, -0.2) is 5.11 Å². The Morgan fingerprint density at radius 3 is 1.80 bits per heavy atom. The minimum absolute atomic E-state index is 0.159. The number of anilines is 3. The number of aliphatic hydroxyl groups is 1. The molecular weight excluding hydrogens is 599 g/mol. The first kappa shape index (κ1) is 29.3. The van der Waals surface area contributed by atoms with Gasteiger partial charge in [0.15, 0.2) is 0 Å². The van der Waals surface area contributed by atoms with Gasteiger partial charge >= 0.3 is 0 Å². The zero-order valence-electron chi connectivity index (χ0n) is 27.5. The van der Waals surface area contributed by atoms with Crippen molar-refractivity contribution in [3.8, 4) is 33.8 Å². The number of benzene rings is 7. The maximum atomic E-state index is 13.5. The number of hydrogen-bond acceptors (Lipinski definition) is 3. The number of fused-ring (bicyclic) bond motifs is 6. The highest BCUT2D eigenvalue weighted by molar-refractivity contribution is 5.93. The van der Waals surface area contributed by atoms with Gasteiger partial charge in [0.05, 0.1) is 5.69 Å². The summed E-state index contributed by atoms with van der Waals surface area (Å²) in [6.07, 6.45) is 0. The van der Waals surface area contributed by atoms with Crippen LogP contribution in [0.4, 0.5) is 17.1 Å². The molecule has 1 unspecified atom stereocenters. The van der Waals surface area contributed by atoms with Crippen molar-refractivity contribution in [1.82, 2.24) is 0 Å². The summed E-state index contributed by atoms with van der Waals surface area (Å²) in [5, 5.41) is 13.5. The highest BCUT2D eigenvalue weighted by Gasteiger charge is 2.47. The molecule has 49 heavy (non-hydrogen) atoms. The van der Waals surface area contributed by atoms with Gasteiger partial charge < -0.3 is 14.7 Å². The topological polar surface area (TPSA) is 32.7 Å². The van der Waals surface area contributed by atoms with Gasteiger partial charge in [0, 0.05) is 33.5 Å². The van der Waals surface area contributed by atoms with Crippen LogP contribution in [0, 0.1) is 0 Å². The lowest BCUT2D eigenvalue weighted by Crippen LogP contribution is -2.29. The molecule has 7 aromatic carbocycles. The van der Waals surface area contributed by atoms with Gasteiger partial charge in [0.1, 0.15) is 17.1 Å². The molecule has 236 valence electrons. The van der Waals surface area contributed by atoms with E-state index in [9.17, 15) is 5.11 Å². The van der Waals surface area contributed by atoms with E-state index >= 15 is 0 Å². The van der Waals surface area contributed by atoms with Crippen LogP contribution in [-0.2, 0) is 11.0 Å². The predicted molar refractivity (Wildman–Crippen MR) is 199 cm³/mol. The quantitative estimate of drug-likeness (QED) is 0.198. The van der Waals surface area contributed by atoms with Crippen LogP contribution < -0.4 is 9.64 Å². The summed E-state index contributed by atoms with van der Waals surface area (Å²) in [7, 11) is 0. The maximum Gasteiger partial charge on any atom is 0.147 e. The number of para-hydroxylation sites is 3. The predicted octanol–water partition coefficient (Wildman–Crippen LogP) is 11.5. The first-order valence-corrected chi connectivity index (χ1v) is 16.8. The fourth-order valence-electron chi connectivity index (χ4n) is 8.08. The molecule has 0 aromatic heterocycles. The van der Waals surface area contributed by atoms with E-state index in [1.807, 2.05) is 78.9 Å². The lowest BCUT2D eigenvalue weighted by molar-refractivity contribution is 0.128. The monoisotopic (exact) mass is 633 g/mol. The molecule has 0 spiro atoms. The molecule has 3 nitrogen and oxygen atoms in total. The Bertz CT molecular complexity index is 2360. The molecule has 3 heteroatoms. The van der Waals surface area contributed by atoms with E-state index in [2.05, 4.69) is 110 Å². The lowest BCUT2D eigenvalue weighted by atomic mass is 9.81. The van der Waals surface area contributed by atoms with E-state index < -0.39 is 5.60 Å². The molecule has 0 bridgehead atoms. The van der Waals surface area contributed by atoms with Crippen molar-refractivity contribution < 1.29 is 9.84 Å². The highest BCUT2D eigenvalue weighted by atomic mass is 16.5. The molecule has 0 heterocycles. The van der Waals surface area contributed by atoms with E-state index in [0.717, 1.165) is 39.3 Å². The largest absolute Gasteiger partial charge is 0.457 e. The standard InChI is InChI=1S/C46H35NO2/c1-45(2)38-23-11-9-20-34(38)36-29-28-32(30-41(36)45)47(31-16-5-3-6-17-31)42-26-15-22-37-35-21-10-12-24-39(35)46(48,44(37)42)40-25-13-14-27-43(40)49-33-18-7-4-8-19-33/h3-30,48H,1-2H3. The number of nitrogens with zero attached hydrogens (tertiary/aromatic N) is 1. The first-order chi connectivity index (χ1) is 24.0. The summed E-state index contributed by atoms with van der Waals surface area (Å²) in [5.41, 5.74) is 10.8. The third kappa shape index (κ3) is 4.40. The molecule has 0 aliphatic heterocycles. The molecule has 0 amide bonds. The van der Waals surface area contributed by atoms with Crippen LogP contribution in [0.1, 0.15) is 41.7 Å². The number of hydrogen-bond donors (Lipinski definition) is 1. The summed E-state index contributed by atoms with van der Waals surface area (Å²) in [4.78, 5) is 2.30. The van der Waals surface area contributed by atoms with Crippen molar-refractivity contribution in [2.45, 2.75) is 24.9 Å². The zero-order valence-corrected chi connectivity index (χ0v) is 27.5. The summed E-state index contributed by atoms with van der Waals surface area (Å²) in [5.74, 6) is 1.32. The van der Waals surface area contributed by atoms with Crippen LogP contribution in [0.3, 0.4) is 0 Å².